The molecule has 1 amide bonds. The van der Waals surface area contributed by atoms with E-state index in [1.807, 2.05) is 12.1 Å². The van der Waals surface area contributed by atoms with Crippen LogP contribution >= 0.6 is 0 Å². The molecule has 1 atom stereocenters. The molecule has 0 bridgehead atoms. The van der Waals surface area contributed by atoms with Gasteiger partial charge in [-0.15, -0.1) is 0 Å². The third-order valence-electron chi connectivity index (χ3n) is 4.69. The van der Waals surface area contributed by atoms with Gasteiger partial charge in [0.25, 0.3) is 5.91 Å². The number of nitrogens with two attached hydrogens (primary N) is 1. The number of carbonyl (C=O) groups excluding carboxylic acids is 1. The standard InChI is InChI=1S/C22H30N2O5S/c1-3-5-6-17(4-2)15-28-19-9-11-20(12-10-19)29-16-22(25)24-18-7-13-21(14-8-18)30(23,26)27/h7-14,17H,3-6,15-16H2,1-2H3,(H,24,25)(H2,23,26,27). The predicted octanol–water partition coefficient (Wildman–Crippen LogP) is 3.95. The highest BCUT2D eigenvalue weighted by Crippen LogP contribution is 2.20. The summed E-state index contributed by atoms with van der Waals surface area (Å²) in [6.45, 7) is 4.90. The molecule has 1 unspecified atom stereocenters. The van der Waals surface area contributed by atoms with Crippen molar-refractivity contribution in [2.24, 2.45) is 11.1 Å². The Morgan fingerprint density at radius 1 is 1.00 bits per heavy atom. The molecule has 0 spiro atoms. The highest BCUT2D eigenvalue weighted by atomic mass is 32.2. The van der Waals surface area contributed by atoms with Gasteiger partial charge in [0.2, 0.25) is 10.0 Å². The van der Waals surface area contributed by atoms with Crippen molar-refractivity contribution in [2.75, 3.05) is 18.5 Å². The SMILES string of the molecule is CCCCC(CC)COc1ccc(OCC(=O)Nc2ccc(S(N)(=O)=O)cc2)cc1. The third-order valence-corrected chi connectivity index (χ3v) is 5.62. The molecule has 7 nitrogen and oxygen atoms in total. The van der Waals surface area contributed by atoms with E-state index in [1.165, 1.54) is 43.5 Å². The fourth-order valence-electron chi connectivity index (χ4n) is 2.82. The molecule has 0 aliphatic carbocycles. The summed E-state index contributed by atoms with van der Waals surface area (Å²) >= 11 is 0. The lowest BCUT2D eigenvalue weighted by atomic mass is 10.0. The van der Waals surface area contributed by atoms with Gasteiger partial charge in [0.05, 0.1) is 11.5 Å². The van der Waals surface area contributed by atoms with Gasteiger partial charge in [-0.05, 0) is 60.9 Å². The van der Waals surface area contributed by atoms with E-state index < -0.39 is 10.0 Å². The average Bonchev–Trinajstić information content (AvgIpc) is 2.73. The Labute approximate surface area is 178 Å². The van der Waals surface area contributed by atoms with Gasteiger partial charge in [0.1, 0.15) is 11.5 Å². The van der Waals surface area contributed by atoms with Gasteiger partial charge >= 0.3 is 0 Å². The number of amides is 1. The number of carbonyl (C=O) groups is 1. The maximum Gasteiger partial charge on any atom is 0.262 e. The Hall–Kier alpha value is -2.58. The minimum Gasteiger partial charge on any atom is -0.493 e. The zero-order chi connectivity index (χ0) is 22.0. The monoisotopic (exact) mass is 434 g/mol. The molecule has 8 heteroatoms. The van der Waals surface area contributed by atoms with Crippen LogP contribution in [0.25, 0.3) is 0 Å². The highest BCUT2D eigenvalue weighted by Gasteiger charge is 2.09. The maximum absolute atomic E-state index is 12.0. The highest BCUT2D eigenvalue weighted by molar-refractivity contribution is 7.89. The summed E-state index contributed by atoms with van der Waals surface area (Å²) in [5, 5.41) is 7.68. The molecule has 30 heavy (non-hydrogen) atoms. The first-order chi connectivity index (χ1) is 14.3. The van der Waals surface area contributed by atoms with E-state index in [-0.39, 0.29) is 17.4 Å². The molecule has 0 saturated heterocycles. The number of ether oxygens (including phenoxy) is 2. The van der Waals surface area contributed by atoms with Gasteiger partial charge in [-0.3, -0.25) is 4.79 Å². The largest absolute Gasteiger partial charge is 0.493 e. The topological polar surface area (TPSA) is 108 Å². The molecular weight excluding hydrogens is 404 g/mol. The smallest absolute Gasteiger partial charge is 0.262 e. The second-order valence-electron chi connectivity index (χ2n) is 7.11. The number of rotatable bonds is 12. The molecule has 2 aromatic carbocycles. The fourth-order valence-corrected chi connectivity index (χ4v) is 3.33. The van der Waals surface area contributed by atoms with Crippen LogP contribution in [0.15, 0.2) is 53.4 Å². The Kier molecular flexibility index (Phi) is 9.14. The Balaban J connectivity index is 1.78. The van der Waals surface area contributed by atoms with Gasteiger partial charge in [-0.1, -0.05) is 33.1 Å². The van der Waals surface area contributed by atoms with Gasteiger partial charge < -0.3 is 14.8 Å². The molecule has 3 N–H and O–H groups in total. The zero-order valence-electron chi connectivity index (χ0n) is 17.5. The summed E-state index contributed by atoms with van der Waals surface area (Å²) in [6, 6.07) is 12.8. The summed E-state index contributed by atoms with van der Waals surface area (Å²) in [4.78, 5) is 12.0. The van der Waals surface area contributed by atoms with Crippen LogP contribution in [0.2, 0.25) is 0 Å². The van der Waals surface area contributed by atoms with Crippen molar-refractivity contribution in [3.8, 4) is 11.5 Å². The van der Waals surface area contributed by atoms with Gasteiger partial charge in [-0.25, -0.2) is 13.6 Å². The first kappa shape index (κ1) is 23.7. The van der Waals surface area contributed by atoms with Crippen molar-refractivity contribution in [3.05, 3.63) is 48.5 Å². The molecule has 0 aliphatic heterocycles. The number of hydrogen-bond donors (Lipinski definition) is 2. The Morgan fingerprint density at radius 2 is 1.60 bits per heavy atom. The van der Waals surface area contributed by atoms with E-state index in [0.717, 1.165) is 12.2 Å². The van der Waals surface area contributed by atoms with E-state index >= 15 is 0 Å². The summed E-state index contributed by atoms with van der Waals surface area (Å²) in [5.41, 5.74) is 0.452. The lowest BCUT2D eigenvalue weighted by molar-refractivity contribution is -0.118. The molecule has 2 rings (SSSR count). The Morgan fingerprint density at radius 3 is 2.13 bits per heavy atom. The lowest BCUT2D eigenvalue weighted by Crippen LogP contribution is -2.20. The number of anilines is 1. The maximum atomic E-state index is 12.0. The van der Waals surface area contributed by atoms with E-state index in [2.05, 4.69) is 19.2 Å². The second-order valence-corrected chi connectivity index (χ2v) is 8.67. The zero-order valence-corrected chi connectivity index (χ0v) is 18.3. The average molecular weight is 435 g/mol. The first-order valence-corrected chi connectivity index (χ1v) is 11.6. The van der Waals surface area contributed by atoms with E-state index in [1.54, 1.807) is 12.1 Å². The van der Waals surface area contributed by atoms with Crippen LogP contribution in [0.5, 0.6) is 11.5 Å². The van der Waals surface area contributed by atoms with Crippen molar-refractivity contribution < 1.29 is 22.7 Å². The van der Waals surface area contributed by atoms with Crippen LogP contribution in [0.4, 0.5) is 5.69 Å². The number of sulfonamides is 1. The van der Waals surface area contributed by atoms with Crippen LogP contribution in [-0.2, 0) is 14.8 Å². The van der Waals surface area contributed by atoms with Crippen molar-refractivity contribution >= 4 is 21.6 Å². The molecule has 0 fully saturated rings. The first-order valence-electron chi connectivity index (χ1n) is 10.1. The number of unbranched alkanes of at least 4 members (excludes halogenated alkanes) is 1. The number of hydrogen-bond acceptors (Lipinski definition) is 5. The van der Waals surface area contributed by atoms with E-state index in [9.17, 15) is 13.2 Å². The van der Waals surface area contributed by atoms with E-state index in [4.69, 9.17) is 14.6 Å². The fraction of sp³-hybridized carbons (Fsp3) is 0.409. The van der Waals surface area contributed by atoms with Crippen LogP contribution in [0.3, 0.4) is 0 Å². The van der Waals surface area contributed by atoms with Crippen molar-refractivity contribution in [2.45, 2.75) is 44.4 Å². The van der Waals surface area contributed by atoms with Crippen molar-refractivity contribution in [3.63, 3.8) is 0 Å². The lowest BCUT2D eigenvalue weighted by Gasteiger charge is -2.15. The van der Waals surface area contributed by atoms with E-state index in [0.29, 0.717) is 24.0 Å². The van der Waals surface area contributed by atoms with Crippen LogP contribution in [0, 0.1) is 5.92 Å². The molecule has 2 aromatic rings. The molecule has 0 saturated carbocycles. The minimum atomic E-state index is -3.76. The van der Waals surface area contributed by atoms with Crippen molar-refractivity contribution in [1.82, 2.24) is 0 Å². The molecule has 0 aromatic heterocycles. The summed E-state index contributed by atoms with van der Waals surface area (Å²) in [5.74, 6) is 1.53. The molecule has 0 heterocycles. The molecular formula is C22H30N2O5S. The second kappa shape index (κ2) is 11.6. The quantitative estimate of drug-likeness (QED) is 0.526. The summed E-state index contributed by atoms with van der Waals surface area (Å²) in [6.07, 6.45) is 4.68. The molecule has 0 radical (unpaired) electrons. The minimum absolute atomic E-state index is 0.0188. The van der Waals surface area contributed by atoms with Gasteiger partial charge in [0.15, 0.2) is 6.61 Å². The number of primary sulfonamides is 1. The molecule has 164 valence electrons. The summed E-state index contributed by atoms with van der Waals surface area (Å²) in [7, 11) is -3.76. The third kappa shape index (κ3) is 8.04. The van der Waals surface area contributed by atoms with Gasteiger partial charge in [-0.2, -0.15) is 0 Å². The van der Waals surface area contributed by atoms with Crippen LogP contribution in [0.1, 0.15) is 39.5 Å². The number of benzene rings is 2. The van der Waals surface area contributed by atoms with Gasteiger partial charge in [0, 0.05) is 5.69 Å². The predicted molar refractivity (Wildman–Crippen MR) is 117 cm³/mol. The Bertz CT molecular complexity index is 896. The van der Waals surface area contributed by atoms with Crippen LogP contribution < -0.4 is 19.9 Å². The van der Waals surface area contributed by atoms with Crippen LogP contribution in [-0.4, -0.2) is 27.5 Å². The normalized spacial score (nSPS) is 12.2. The summed E-state index contributed by atoms with van der Waals surface area (Å²) < 4.78 is 33.8. The number of nitrogens with one attached hydrogen (secondary N) is 1. The van der Waals surface area contributed by atoms with Crippen molar-refractivity contribution in [1.29, 1.82) is 0 Å². The molecule has 0 aliphatic rings.